The molecule has 0 aliphatic rings. The van der Waals surface area contributed by atoms with Gasteiger partial charge in [0.1, 0.15) is 11.6 Å². The molecule has 2 rings (SSSR count). The highest BCUT2D eigenvalue weighted by Crippen LogP contribution is 2.24. The summed E-state index contributed by atoms with van der Waals surface area (Å²) < 4.78 is 14.9. The van der Waals surface area contributed by atoms with Crippen molar-refractivity contribution in [3.8, 4) is 11.4 Å². The fourth-order valence-corrected chi connectivity index (χ4v) is 1.99. The zero-order chi connectivity index (χ0) is 12.4. The summed E-state index contributed by atoms with van der Waals surface area (Å²) >= 11 is 11.5. The smallest absolute Gasteiger partial charge is 0.164 e. The predicted molar refractivity (Wildman–Crippen MR) is 65.7 cm³/mol. The molecule has 0 bridgehead atoms. The number of aromatic nitrogens is 3. The van der Waals surface area contributed by atoms with E-state index < -0.39 is 5.82 Å². The van der Waals surface area contributed by atoms with Crippen molar-refractivity contribution in [1.29, 1.82) is 0 Å². The number of alkyl halides is 1. The van der Waals surface area contributed by atoms with Crippen LogP contribution in [0.1, 0.15) is 12.7 Å². The van der Waals surface area contributed by atoms with Crippen LogP contribution in [-0.4, -0.2) is 14.8 Å². The molecule has 0 spiro atoms. The lowest BCUT2D eigenvalue weighted by atomic mass is 10.2. The quantitative estimate of drug-likeness (QED) is 0.802. The van der Waals surface area contributed by atoms with Crippen molar-refractivity contribution < 1.29 is 4.39 Å². The van der Waals surface area contributed by atoms with Gasteiger partial charge in [-0.2, -0.15) is 0 Å². The van der Waals surface area contributed by atoms with Crippen molar-refractivity contribution >= 4 is 23.2 Å². The third kappa shape index (κ3) is 2.28. The van der Waals surface area contributed by atoms with Crippen LogP contribution >= 0.6 is 23.2 Å². The Hall–Kier alpha value is -1.13. The van der Waals surface area contributed by atoms with Crippen LogP contribution < -0.4 is 0 Å². The molecule has 1 aromatic carbocycles. The largest absolute Gasteiger partial charge is 0.310 e. The van der Waals surface area contributed by atoms with Gasteiger partial charge in [-0.1, -0.05) is 11.6 Å². The van der Waals surface area contributed by atoms with Crippen LogP contribution in [0.25, 0.3) is 11.4 Å². The molecule has 3 nitrogen and oxygen atoms in total. The van der Waals surface area contributed by atoms with E-state index in [9.17, 15) is 4.39 Å². The van der Waals surface area contributed by atoms with Gasteiger partial charge in [-0.05, 0) is 25.1 Å². The molecular weight excluding hydrogens is 264 g/mol. The van der Waals surface area contributed by atoms with Crippen LogP contribution in [-0.2, 0) is 12.4 Å². The molecule has 1 aromatic heterocycles. The monoisotopic (exact) mass is 273 g/mol. The van der Waals surface area contributed by atoms with E-state index in [0.717, 1.165) is 5.56 Å². The molecule has 1 heterocycles. The summed E-state index contributed by atoms with van der Waals surface area (Å²) in [6.45, 7) is 2.66. The first kappa shape index (κ1) is 12.3. The summed E-state index contributed by atoms with van der Waals surface area (Å²) in [5.74, 6) is 1.17. The van der Waals surface area contributed by atoms with Gasteiger partial charge >= 0.3 is 0 Å². The summed E-state index contributed by atoms with van der Waals surface area (Å²) in [5.41, 5.74) is 0.724. The van der Waals surface area contributed by atoms with Gasteiger partial charge in [0, 0.05) is 12.1 Å². The maximum absolute atomic E-state index is 13.1. The van der Waals surface area contributed by atoms with Crippen molar-refractivity contribution in [2.24, 2.45) is 0 Å². The predicted octanol–water partition coefficient (Wildman–Crippen LogP) is 3.50. The van der Waals surface area contributed by atoms with Gasteiger partial charge in [-0.3, -0.25) is 0 Å². The fraction of sp³-hybridized carbons (Fsp3) is 0.273. The maximum atomic E-state index is 13.1. The summed E-state index contributed by atoms with van der Waals surface area (Å²) in [4.78, 5) is 0. The first-order chi connectivity index (χ1) is 8.17. The van der Waals surface area contributed by atoms with Gasteiger partial charge in [0.05, 0.1) is 10.9 Å². The Morgan fingerprint density at radius 2 is 2.12 bits per heavy atom. The van der Waals surface area contributed by atoms with Gasteiger partial charge < -0.3 is 4.57 Å². The van der Waals surface area contributed by atoms with Crippen LogP contribution in [0.3, 0.4) is 0 Å². The van der Waals surface area contributed by atoms with Gasteiger partial charge in [-0.25, -0.2) is 4.39 Å². The van der Waals surface area contributed by atoms with E-state index in [1.165, 1.54) is 12.1 Å². The van der Waals surface area contributed by atoms with E-state index in [-0.39, 0.29) is 10.9 Å². The Morgan fingerprint density at radius 3 is 2.71 bits per heavy atom. The van der Waals surface area contributed by atoms with Crippen molar-refractivity contribution in [2.45, 2.75) is 19.3 Å². The molecule has 2 aromatic rings. The second kappa shape index (κ2) is 5.02. The van der Waals surface area contributed by atoms with Crippen molar-refractivity contribution in [3.63, 3.8) is 0 Å². The second-order valence-electron chi connectivity index (χ2n) is 3.45. The van der Waals surface area contributed by atoms with Crippen LogP contribution in [0.15, 0.2) is 18.2 Å². The van der Waals surface area contributed by atoms with Crippen LogP contribution in [0.5, 0.6) is 0 Å². The summed E-state index contributed by atoms with van der Waals surface area (Å²) in [5, 5.41) is 8.09. The highest BCUT2D eigenvalue weighted by molar-refractivity contribution is 6.31. The number of nitrogens with zero attached hydrogens (tertiary/aromatic N) is 3. The van der Waals surface area contributed by atoms with Crippen molar-refractivity contribution in [3.05, 3.63) is 34.9 Å². The SMILES string of the molecule is CCn1c(CCl)nnc1-c1ccc(F)c(Cl)c1. The van der Waals surface area contributed by atoms with Gasteiger partial charge in [0.25, 0.3) is 0 Å². The lowest BCUT2D eigenvalue weighted by molar-refractivity contribution is 0.628. The molecule has 0 radical (unpaired) electrons. The van der Waals surface area contributed by atoms with Gasteiger partial charge in [0.2, 0.25) is 0 Å². The Kier molecular flexibility index (Phi) is 3.64. The molecule has 0 saturated carbocycles. The average molecular weight is 274 g/mol. The minimum Gasteiger partial charge on any atom is -0.310 e. The second-order valence-corrected chi connectivity index (χ2v) is 4.12. The first-order valence-corrected chi connectivity index (χ1v) is 6.02. The highest BCUT2D eigenvalue weighted by Gasteiger charge is 2.13. The lowest BCUT2D eigenvalue weighted by Gasteiger charge is -2.06. The lowest BCUT2D eigenvalue weighted by Crippen LogP contribution is -2.02. The van der Waals surface area contributed by atoms with E-state index >= 15 is 0 Å². The van der Waals surface area contributed by atoms with E-state index in [4.69, 9.17) is 23.2 Å². The average Bonchev–Trinajstić information content (AvgIpc) is 2.75. The molecule has 0 amide bonds. The number of rotatable bonds is 3. The normalized spacial score (nSPS) is 10.8. The Balaban J connectivity index is 2.52. The van der Waals surface area contributed by atoms with Crippen LogP contribution in [0.2, 0.25) is 5.02 Å². The molecule has 0 fully saturated rings. The minimum atomic E-state index is -0.449. The molecule has 6 heteroatoms. The molecule has 0 aliphatic heterocycles. The van der Waals surface area contributed by atoms with Gasteiger partial charge in [0.15, 0.2) is 5.82 Å². The summed E-state index contributed by atoms with van der Waals surface area (Å²) in [7, 11) is 0. The molecule has 17 heavy (non-hydrogen) atoms. The highest BCUT2D eigenvalue weighted by atomic mass is 35.5. The van der Waals surface area contributed by atoms with Crippen molar-refractivity contribution in [1.82, 2.24) is 14.8 Å². The molecule has 0 atom stereocenters. The minimum absolute atomic E-state index is 0.0700. The van der Waals surface area contributed by atoms with Crippen molar-refractivity contribution in [2.75, 3.05) is 0 Å². The Morgan fingerprint density at radius 1 is 1.35 bits per heavy atom. The Labute approximate surface area is 108 Å². The first-order valence-electron chi connectivity index (χ1n) is 5.10. The molecule has 0 unspecified atom stereocenters. The van der Waals surface area contributed by atoms with E-state index in [0.29, 0.717) is 18.2 Å². The van der Waals surface area contributed by atoms with E-state index in [1.54, 1.807) is 6.07 Å². The number of hydrogen-bond donors (Lipinski definition) is 0. The number of halogens is 3. The zero-order valence-electron chi connectivity index (χ0n) is 9.12. The number of benzene rings is 1. The summed E-state index contributed by atoms with van der Waals surface area (Å²) in [6, 6.07) is 4.47. The fourth-order valence-electron chi connectivity index (χ4n) is 1.62. The third-order valence-electron chi connectivity index (χ3n) is 2.44. The third-order valence-corrected chi connectivity index (χ3v) is 2.97. The molecule has 90 valence electrons. The number of hydrogen-bond acceptors (Lipinski definition) is 2. The Bertz CT molecular complexity index is 540. The zero-order valence-corrected chi connectivity index (χ0v) is 10.6. The summed E-state index contributed by atoms with van der Waals surface area (Å²) in [6.07, 6.45) is 0. The van der Waals surface area contributed by atoms with Crippen LogP contribution in [0, 0.1) is 5.82 Å². The molecule has 0 aliphatic carbocycles. The van der Waals surface area contributed by atoms with E-state index in [2.05, 4.69) is 10.2 Å². The topological polar surface area (TPSA) is 30.7 Å². The van der Waals surface area contributed by atoms with Crippen LogP contribution in [0.4, 0.5) is 4.39 Å². The van der Waals surface area contributed by atoms with Gasteiger partial charge in [-0.15, -0.1) is 21.8 Å². The standard InChI is InChI=1S/C11H10Cl2FN3/c1-2-17-10(6-12)15-16-11(17)7-3-4-9(14)8(13)5-7/h3-5H,2,6H2,1H3. The molecule has 0 saturated heterocycles. The molecule has 0 N–H and O–H groups in total. The molecular formula is C11H10Cl2FN3. The maximum Gasteiger partial charge on any atom is 0.164 e. The van der Waals surface area contributed by atoms with E-state index in [1.807, 2.05) is 11.5 Å².